The number of likely N-dealkylation sites (tertiary alicyclic amines) is 1. The number of imidazole rings is 1. The summed E-state index contributed by atoms with van der Waals surface area (Å²) in [6.07, 6.45) is -1.64. The summed E-state index contributed by atoms with van der Waals surface area (Å²) in [5, 5.41) is 6.61. The highest BCUT2D eigenvalue weighted by Crippen LogP contribution is 2.43. The lowest BCUT2D eigenvalue weighted by Crippen LogP contribution is -2.41. The molecule has 1 saturated carbocycles. The molecule has 3 heterocycles. The number of anilines is 1. The van der Waals surface area contributed by atoms with Crippen LogP contribution >= 0.6 is 0 Å². The Morgan fingerprint density at radius 2 is 2.07 bits per heavy atom. The first-order valence-corrected chi connectivity index (χ1v) is 13.3. The van der Waals surface area contributed by atoms with E-state index in [1.54, 1.807) is 24.1 Å². The number of rotatable bonds is 7. The Hall–Kier alpha value is -4.09. The summed E-state index contributed by atoms with van der Waals surface area (Å²) in [5.41, 5.74) is 6.77. The number of hydrogen-bond acceptors (Lipinski definition) is 6. The van der Waals surface area contributed by atoms with Gasteiger partial charge in [0.2, 0.25) is 11.7 Å². The van der Waals surface area contributed by atoms with Crippen molar-refractivity contribution in [3.8, 4) is 11.8 Å². The maximum Gasteiger partial charge on any atom is 0.742 e. The van der Waals surface area contributed by atoms with Gasteiger partial charge in [0.15, 0.2) is 5.69 Å². The molecule has 2 radical (unpaired) electrons. The smallest absolute Gasteiger partial charge is 0.383 e. The van der Waals surface area contributed by atoms with Crippen LogP contribution < -0.4 is 11.1 Å². The maximum absolute atomic E-state index is 13.6. The lowest BCUT2D eigenvalue weighted by molar-refractivity contribution is -0.147. The number of alkyl halides is 3. The third kappa shape index (κ3) is 5.11. The highest BCUT2D eigenvalue weighted by atomic mass is 28.1. The molecule has 5 rings (SSSR count). The number of methoxy groups -OCH3 is 1. The lowest BCUT2D eigenvalue weighted by atomic mass is 10.1. The van der Waals surface area contributed by atoms with E-state index in [9.17, 15) is 22.8 Å². The van der Waals surface area contributed by atoms with E-state index in [4.69, 9.17) is 10.5 Å². The Kier molecular flexibility index (Phi) is 7.20. The monoisotopic (exact) mass is 582 g/mol. The van der Waals surface area contributed by atoms with Gasteiger partial charge in [0, 0.05) is 32.2 Å². The van der Waals surface area contributed by atoms with Crippen molar-refractivity contribution < 1.29 is 27.5 Å². The molecule has 2 fully saturated rings. The Morgan fingerprint density at radius 1 is 1.34 bits per heavy atom. The summed E-state index contributed by atoms with van der Waals surface area (Å²) >= 11 is 0. The second kappa shape index (κ2) is 10.4. The third-order valence-corrected chi connectivity index (χ3v) is 7.79. The van der Waals surface area contributed by atoms with Crippen molar-refractivity contribution in [1.82, 2.24) is 24.2 Å². The molecule has 1 saturated heterocycles. The fraction of sp³-hybridized carbons (Fsp3) is 0.407. The summed E-state index contributed by atoms with van der Waals surface area (Å²) < 4.78 is 49.0. The lowest BCUT2D eigenvalue weighted by Gasteiger charge is -2.21. The number of nitrogens with zero attached hydrogens (tertiary/aromatic N) is 5. The zero-order valence-corrected chi connectivity index (χ0v) is 23.4. The van der Waals surface area contributed by atoms with E-state index < -0.39 is 23.1 Å². The number of nitrogens with two attached hydrogens (primary N) is 1. The van der Waals surface area contributed by atoms with Crippen molar-refractivity contribution in [3.63, 3.8) is 0 Å². The van der Waals surface area contributed by atoms with Crippen LogP contribution in [0, 0.1) is 11.8 Å². The average Bonchev–Trinajstić information content (AvgIpc) is 3.43. The topological polar surface area (TPSA) is 120 Å². The Balaban J connectivity index is 1.55. The predicted molar refractivity (Wildman–Crippen MR) is 145 cm³/mol. The molecule has 41 heavy (non-hydrogen) atoms. The van der Waals surface area contributed by atoms with E-state index in [1.165, 1.54) is 28.5 Å². The van der Waals surface area contributed by atoms with Crippen molar-refractivity contribution in [2.45, 2.75) is 42.7 Å². The first-order chi connectivity index (χ1) is 19.4. The van der Waals surface area contributed by atoms with Crippen molar-refractivity contribution in [2.75, 3.05) is 32.6 Å². The molecule has 1 aliphatic carbocycles. The minimum absolute atomic E-state index is 0.0351. The SMILES string of the molecule is C=CC(=O)N1C[C@@]([Si+])(n2nc(C#Cc3ccc4c(c3)nc(C(F)(F)F)n4C3CC3)c(C(N)=O)c2NC)C[C@@H]1COC. The summed E-state index contributed by atoms with van der Waals surface area (Å²) in [6, 6.07) is 4.13. The van der Waals surface area contributed by atoms with Crippen LogP contribution in [-0.2, 0) is 20.9 Å². The van der Waals surface area contributed by atoms with Gasteiger partial charge in [-0.05, 0) is 43.0 Å². The third-order valence-electron chi connectivity index (χ3n) is 7.22. The largest absolute Gasteiger partial charge is 0.742 e. The Labute approximate surface area is 237 Å². The molecule has 2 amide bonds. The van der Waals surface area contributed by atoms with E-state index in [0.717, 1.165) is 0 Å². The average molecular weight is 583 g/mol. The van der Waals surface area contributed by atoms with Gasteiger partial charge in [-0.15, -0.1) is 0 Å². The number of hydrogen-bond donors (Lipinski definition) is 2. The van der Waals surface area contributed by atoms with Gasteiger partial charge in [0.05, 0.1) is 30.2 Å². The van der Waals surface area contributed by atoms with Gasteiger partial charge in [0.1, 0.15) is 11.4 Å². The quantitative estimate of drug-likeness (QED) is 0.251. The highest BCUT2D eigenvalue weighted by molar-refractivity contribution is 6.15. The van der Waals surface area contributed by atoms with Crippen LogP contribution in [0.25, 0.3) is 11.0 Å². The second-order valence-corrected chi connectivity index (χ2v) is 11.0. The molecule has 14 heteroatoms. The van der Waals surface area contributed by atoms with Gasteiger partial charge in [-0.1, -0.05) is 12.5 Å². The van der Waals surface area contributed by atoms with Crippen molar-refractivity contribution >= 4 is 38.9 Å². The van der Waals surface area contributed by atoms with Crippen LogP contribution in [0.4, 0.5) is 19.0 Å². The van der Waals surface area contributed by atoms with Gasteiger partial charge < -0.3 is 25.3 Å². The van der Waals surface area contributed by atoms with Crippen LogP contribution in [0.5, 0.6) is 0 Å². The highest BCUT2D eigenvalue weighted by Gasteiger charge is 2.56. The Bertz CT molecular complexity index is 1620. The molecule has 0 unspecified atom stereocenters. The normalized spacial score (nSPS) is 20.6. The van der Waals surface area contributed by atoms with Crippen molar-refractivity contribution in [2.24, 2.45) is 5.73 Å². The molecule has 3 aromatic rings. The minimum atomic E-state index is -4.58. The van der Waals surface area contributed by atoms with E-state index in [-0.39, 0.29) is 53.7 Å². The van der Waals surface area contributed by atoms with Gasteiger partial charge in [-0.25, -0.2) is 9.67 Å². The predicted octanol–water partition coefficient (Wildman–Crippen LogP) is 2.38. The van der Waals surface area contributed by atoms with Crippen LogP contribution in [0.1, 0.15) is 52.7 Å². The number of aromatic nitrogens is 4. The van der Waals surface area contributed by atoms with Gasteiger partial charge in [-0.2, -0.15) is 18.3 Å². The second-order valence-electron chi connectivity index (χ2n) is 10.1. The fourth-order valence-corrected chi connectivity index (χ4v) is 5.90. The summed E-state index contributed by atoms with van der Waals surface area (Å²) in [7, 11) is 6.93. The number of carbonyl (C=O) groups excluding carboxylic acids is 2. The molecule has 1 aliphatic heterocycles. The van der Waals surface area contributed by atoms with E-state index in [2.05, 4.69) is 44.1 Å². The van der Waals surface area contributed by atoms with Gasteiger partial charge in [-0.3, -0.25) is 9.59 Å². The number of halogens is 3. The molecule has 212 valence electrons. The van der Waals surface area contributed by atoms with E-state index in [0.29, 0.717) is 30.3 Å². The number of benzene rings is 1. The van der Waals surface area contributed by atoms with Crippen LogP contribution in [0.15, 0.2) is 30.9 Å². The standard InChI is InChI=1S/C27H27F3N7O3Si/c1-4-21(38)35-14-26(41,12-17(35)13-40-3)37-24(32-2)22(23(31)39)18(34-37)9-5-15-6-10-20-19(11-15)33-25(27(28,29)30)36(20)16-7-8-16/h4,6,10-11,16-17,32H,1,7-8,12-14H2,2-3H3,(H2,31,39)/q+1/t17-,26-/m1/s1. The molecule has 0 spiro atoms. The van der Waals surface area contributed by atoms with Crippen LogP contribution in [-0.4, -0.2) is 79.6 Å². The van der Waals surface area contributed by atoms with Gasteiger partial charge in [0.25, 0.3) is 11.1 Å². The summed E-state index contributed by atoms with van der Waals surface area (Å²) in [5.74, 6) is 4.04. The number of nitrogens with one attached hydrogen (secondary N) is 1. The number of ether oxygens (including phenoxy) is 1. The molecule has 10 nitrogen and oxygen atoms in total. The number of primary amides is 1. The molecule has 0 bridgehead atoms. The van der Waals surface area contributed by atoms with E-state index >= 15 is 0 Å². The first-order valence-electron chi connectivity index (χ1n) is 12.8. The first kappa shape index (κ1) is 28.4. The number of amides is 2. The maximum atomic E-state index is 13.6. The van der Waals surface area contributed by atoms with Gasteiger partial charge >= 0.3 is 16.4 Å². The molecule has 3 N–H and O–H groups in total. The van der Waals surface area contributed by atoms with E-state index in [1.807, 2.05) is 0 Å². The van der Waals surface area contributed by atoms with Crippen molar-refractivity contribution in [1.29, 1.82) is 0 Å². The molecule has 1 aromatic carbocycles. The molecule has 2 aliphatic rings. The number of fused-ring (bicyclic) bond motifs is 1. The zero-order valence-electron chi connectivity index (χ0n) is 22.4. The van der Waals surface area contributed by atoms with Crippen LogP contribution in [0.3, 0.4) is 0 Å². The summed E-state index contributed by atoms with van der Waals surface area (Å²) in [4.78, 5) is 30.5. The van der Waals surface area contributed by atoms with Crippen molar-refractivity contribution in [3.05, 3.63) is 53.5 Å². The number of carbonyl (C=O) groups is 2. The Morgan fingerprint density at radius 3 is 2.66 bits per heavy atom. The molecule has 2 atom stereocenters. The summed E-state index contributed by atoms with van der Waals surface area (Å²) in [6.45, 7) is 4.03. The molecule has 2 aromatic heterocycles. The molecular weight excluding hydrogens is 555 g/mol. The fourth-order valence-electron chi connectivity index (χ4n) is 5.34. The zero-order chi connectivity index (χ0) is 29.7. The molecular formula is C27H27F3N7O3Si+. The van der Waals surface area contributed by atoms with Crippen LogP contribution in [0.2, 0.25) is 0 Å². The minimum Gasteiger partial charge on any atom is -0.383 e.